The molecular weight excluding hydrogens is 316 g/mol. The summed E-state index contributed by atoms with van der Waals surface area (Å²) in [5, 5.41) is 1.54. The average molecular weight is 331 g/mol. The highest BCUT2D eigenvalue weighted by molar-refractivity contribution is 8.14. The van der Waals surface area contributed by atoms with Crippen LogP contribution >= 0.6 is 23.4 Å². The number of hydrogen-bond acceptors (Lipinski definition) is 4. The van der Waals surface area contributed by atoms with Crippen LogP contribution in [0.15, 0.2) is 59.6 Å². The first-order valence-electron chi connectivity index (χ1n) is 7.02. The number of amidine groups is 1. The molecule has 2 aromatic rings. The number of para-hydroxylation sites is 1. The van der Waals surface area contributed by atoms with Gasteiger partial charge in [-0.1, -0.05) is 41.6 Å². The van der Waals surface area contributed by atoms with Crippen LogP contribution in [-0.4, -0.2) is 29.8 Å². The third kappa shape index (κ3) is 3.51. The number of halogens is 1. The van der Waals surface area contributed by atoms with Crippen LogP contribution in [0.3, 0.4) is 0 Å². The predicted molar refractivity (Wildman–Crippen MR) is 94.3 cm³/mol. The third-order valence-corrected chi connectivity index (χ3v) is 4.58. The zero-order valence-electron chi connectivity index (χ0n) is 11.9. The molecule has 3 rings (SSSR count). The lowest BCUT2D eigenvalue weighted by molar-refractivity contribution is 0.100. The van der Waals surface area contributed by atoms with Crippen LogP contribution in [-0.2, 0) is 0 Å². The Hall–Kier alpha value is -1.78. The van der Waals surface area contributed by atoms with Gasteiger partial charge < -0.3 is 4.90 Å². The Morgan fingerprint density at radius 3 is 2.50 bits per heavy atom. The summed E-state index contributed by atoms with van der Waals surface area (Å²) in [7, 11) is 0. The molecule has 0 fully saturated rings. The number of Topliss-reactive ketones (excluding diaryl/α,β-unsaturated/α-hetero) is 1. The maximum Gasteiger partial charge on any atom is 0.182 e. The van der Waals surface area contributed by atoms with Crippen molar-refractivity contribution in [3.63, 3.8) is 0 Å². The van der Waals surface area contributed by atoms with Gasteiger partial charge in [0.1, 0.15) is 0 Å². The number of rotatable bonds is 4. The third-order valence-electron chi connectivity index (χ3n) is 3.34. The highest BCUT2D eigenvalue weighted by Crippen LogP contribution is 2.23. The zero-order chi connectivity index (χ0) is 15.4. The second-order valence-electron chi connectivity index (χ2n) is 4.86. The van der Waals surface area contributed by atoms with Gasteiger partial charge in [0.25, 0.3) is 0 Å². The van der Waals surface area contributed by atoms with E-state index in [2.05, 4.69) is 4.99 Å². The van der Waals surface area contributed by atoms with E-state index in [-0.39, 0.29) is 12.3 Å². The van der Waals surface area contributed by atoms with Crippen LogP contribution in [0.2, 0.25) is 5.02 Å². The number of anilines is 1. The van der Waals surface area contributed by atoms with Gasteiger partial charge in [0.15, 0.2) is 11.0 Å². The van der Waals surface area contributed by atoms with E-state index in [0.717, 1.165) is 23.2 Å². The minimum absolute atomic E-state index is 0.0516. The fourth-order valence-corrected chi connectivity index (χ4v) is 3.23. The summed E-state index contributed by atoms with van der Waals surface area (Å²) in [4.78, 5) is 19.0. The Kier molecular flexibility index (Phi) is 4.80. The first-order chi connectivity index (χ1) is 10.7. The van der Waals surface area contributed by atoms with Gasteiger partial charge in [-0.15, -0.1) is 0 Å². The highest BCUT2D eigenvalue weighted by atomic mass is 35.5. The molecule has 112 valence electrons. The second-order valence-corrected chi connectivity index (χ2v) is 6.36. The lowest BCUT2D eigenvalue weighted by Crippen LogP contribution is -2.33. The van der Waals surface area contributed by atoms with E-state index >= 15 is 0 Å². The van der Waals surface area contributed by atoms with Gasteiger partial charge in [-0.2, -0.15) is 0 Å². The normalized spacial score (nSPS) is 13.8. The molecule has 0 saturated carbocycles. The minimum atomic E-state index is 0.0516. The molecule has 22 heavy (non-hydrogen) atoms. The molecule has 1 heterocycles. The molecule has 0 N–H and O–H groups in total. The maximum atomic E-state index is 12.5. The van der Waals surface area contributed by atoms with Crippen molar-refractivity contribution in [2.24, 2.45) is 4.99 Å². The Labute approximate surface area is 139 Å². The summed E-state index contributed by atoms with van der Waals surface area (Å²) in [5.74, 6) is 1.02. The first kappa shape index (κ1) is 15.1. The molecule has 1 aliphatic rings. The largest absolute Gasteiger partial charge is 0.313 e. The van der Waals surface area contributed by atoms with Crippen LogP contribution < -0.4 is 4.90 Å². The summed E-state index contributed by atoms with van der Waals surface area (Å²) in [6.45, 7) is 1.08. The maximum absolute atomic E-state index is 12.5. The van der Waals surface area contributed by atoms with Crippen molar-refractivity contribution < 1.29 is 4.79 Å². The van der Waals surface area contributed by atoms with Gasteiger partial charge in [-0.3, -0.25) is 9.79 Å². The van der Waals surface area contributed by atoms with Crippen LogP contribution in [0.1, 0.15) is 10.4 Å². The molecule has 0 bridgehead atoms. The number of aliphatic imine (C=N–C) groups is 1. The van der Waals surface area contributed by atoms with Crippen molar-refractivity contribution in [1.29, 1.82) is 0 Å². The van der Waals surface area contributed by atoms with Crippen molar-refractivity contribution in [2.75, 3.05) is 23.7 Å². The molecule has 3 nitrogen and oxygen atoms in total. The lowest BCUT2D eigenvalue weighted by Gasteiger charge is -2.23. The molecule has 0 aromatic heterocycles. The quantitative estimate of drug-likeness (QED) is 0.790. The van der Waals surface area contributed by atoms with E-state index in [0.29, 0.717) is 10.6 Å². The Morgan fingerprint density at radius 2 is 1.86 bits per heavy atom. The number of ketones is 1. The van der Waals surface area contributed by atoms with E-state index < -0.39 is 0 Å². The summed E-state index contributed by atoms with van der Waals surface area (Å²) >= 11 is 7.56. The zero-order valence-corrected chi connectivity index (χ0v) is 13.5. The van der Waals surface area contributed by atoms with E-state index in [9.17, 15) is 4.79 Å². The topological polar surface area (TPSA) is 32.7 Å². The van der Waals surface area contributed by atoms with Gasteiger partial charge >= 0.3 is 0 Å². The van der Waals surface area contributed by atoms with Crippen molar-refractivity contribution in [2.45, 2.75) is 0 Å². The smallest absolute Gasteiger partial charge is 0.182 e. The SMILES string of the molecule is O=C(CN(C1=NCCS1)c1ccccc1)c1ccc(Cl)cc1. The second kappa shape index (κ2) is 6.99. The minimum Gasteiger partial charge on any atom is -0.313 e. The number of benzene rings is 2. The molecule has 0 spiro atoms. The Bertz CT molecular complexity index is 686. The average Bonchev–Trinajstić information content (AvgIpc) is 3.08. The number of carbonyl (C=O) groups excluding carboxylic acids is 1. The van der Waals surface area contributed by atoms with Gasteiger partial charge in [-0.05, 0) is 36.4 Å². The standard InChI is InChI=1S/C17H15ClN2OS/c18-14-8-6-13(7-9-14)16(21)12-20(17-19-10-11-22-17)15-4-2-1-3-5-15/h1-9H,10-12H2. The molecule has 1 aliphatic heterocycles. The molecule has 0 radical (unpaired) electrons. The molecule has 0 aliphatic carbocycles. The first-order valence-corrected chi connectivity index (χ1v) is 8.39. The van der Waals surface area contributed by atoms with Crippen molar-refractivity contribution in [3.8, 4) is 0 Å². The molecule has 5 heteroatoms. The van der Waals surface area contributed by atoms with E-state index in [1.807, 2.05) is 35.2 Å². The molecule has 0 amide bonds. The van der Waals surface area contributed by atoms with Crippen molar-refractivity contribution >= 4 is 40.0 Å². The number of thioether (sulfide) groups is 1. The monoisotopic (exact) mass is 330 g/mol. The Balaban J connectivity index is 1.84. The van der Waals surface area contributed by atoms with Crippen LogP contribution in [0.5, 0.6) is 0 Å². The molecule has 0 atom stereocenters. The Morgan fingerprint density at radius 1 is 1.14 bits per heavy atom. The fraction of sp³-hybridized carbons (Fsp3) is 0.176. The molecular formula is C17H15ClN2OS. The summed E-state index contributed by atoms with van der Waals surface area (Å²) in [6, 6.07) is 16.9. The predicted octanol–water partition coefficient (Wildman–Crippen LogP) is 4.13. The summed E-state index contributed by atoms with van der Waals surface area (Å²) in [5.41, 5.74) is 1.65. The highest BCUT2D eigenvalue weighted by Gasteiger charge is 2.21. The summed E-state index contributed by atoms with van der Waals surface area (Å²) in [6.07, 6.45) is 0. The van der Waals surface area contributed by atoms with E-state index in [1.165, 1.54) is 0 Å². The summed E-state index contributed by atoms with van der Waals surface area (Å²) < 4.78 is 0. The van der Waals surface area contributed by atoms with Crippen LogP contribution in [0.4, 0.5) is 5.69 Å². The van der Waals surface area contributed by atoms with Crippen molar-refractivity contribution in [3.05, 3.63) is 65.2 Å². The van der Waals surface area contributed by atoms with E-state index in [1.54, 1.807) is 36.0 Å². The number of nitrogens with zero attached hydrogens (tertiary/aromatic N) is 2. The number of carbonyl (C=O) groups is 1. The van der Waals surface area contributed by atoms with Crippen LogP contribution in [0.25, 0.3) is 0 Å². The van der Waals surface area contributed by atoms with E-state index in [4.69, 9.17) is 11.6 Å². The number of hydrogen-bond donors (Lipinski definition) is 0. The van der Waals surface area contributed by atoms with Gasteiger partial charge in [0.05, 0.1) is 13.1 Å². The van der Waals surface area contributed by atoms with Gasteiger partial charge in [-0.25, -0.2) is 0 Å². The van der Waals surface area contributed by atoms with Gasteiger partial charge in [0, 0.05) is 22.0 Å². The fourth-order valence-electron chi connectivity index (χ4n) is 2.24. The molecule has 0 saturated heterocycles. The van der Waals surface area contributed by atoms with Gasteiger partial charge in [0.2, 0.25) is 0 Å². The van der Waals surface area contributed by atoms with Crippen LogP contribution in [0, 0.1) is 0 Å². The molecule has 2 aromatic carbocycles. The lowest BCUT2D eigenvalue weighted by atomic mass is 10.1. The van der Waals surface area contributed by atoms with Crippen molar-refractivity contribution in [1.82, 2.24) is 0 Å². The molecule has 0 unspecified atom stereocenters.